The maximum absolute atomic E-state index is 4.50. The fourth-order valence-corrected chi connectivity index (χ4v) is 2.16. The molecule has 134 valence electrons. The number of nitrogens with two attached hydrogens (primary N) is 1. The van der Waals surface area contributed by atoms with E-state index in [0.717, 1.165) is 52.4 Å². The minimum atomic E-state index is 1.14. The minimum Gasteiger partial charge on any atom is -0.333 e. The summed E-state index contributed by atoms with van der Waals surface area (Å²) in [6, 6.07) is 0. The highest BCUT2D eigenvalue weighted by Gasteiger charge is 2.01. The van der Waals surface area contributed by atoms with Gasteiger partial charge in [0.25, 0.3) is 0 Å². The molecule has 3 aliphatic heterocycles. The van der Waals surface area contributed by atoms with Crippen LogP contribution in [0, 0.1) is 0 Å². The van der Waals surface area contributed by atoms with Crippen molar-refractivity contribution in [2.24, 2.45) is 5.73 Å². The highest BCUT2D eigenvalue weighted by molar-refractivity contribution is 4.62. The van der Waals surface area contributed by atoms with Crippen molar-refractivity contribution in [1.29, 1.82) is 0 Å². The zero-order valence-electron chi connectivity index (χ0n) is 15.0. The minimum absolute atomic E-state index is 1.14. The molecule has 3 aliphatic rings. The van der Waals surface area contributed by atoms with E-state index in [-0.39, 0.29) is 0 Å². The van der Waals surface area contributed by atoms with Gasteiger partial charge in [-0.1, -0.05) is 0 Å². The van der Waals surface area contributed by atoms with E-state index < -0.39 is 0 Å². The molecule has 0 radical (unpaired) electrons. The number of piperazine rings is 3. The van der Waals surface area contributed by atoms with E-state index >= 15 is 0 Å². The van der Waals surface area contributed by atoms with Gasteiger partial charge in [-0.05, 0) is 21.1 Å². The van der Waals surface area contributed by atoms with Gasteiger partial charge in [-0.3, -0.25) is 0 Å². The van der Waals surface area contributed by atoms with Crippen LogP contribution in [-0.2, 0) is 0 Å². The number of hydrogen-bond acceptors (Lipinski definition) is 7. The second-order valence-electron chi connectivity index (χ2n) is 5.61. The molecule has 3 rings (SSSR count). The van der Waals surface area contributed by atoms with E-state index in [1.807, 2.05) is 0 Å². The summed E-state index contributed by atoms with van der Waals surface area (Å²) in [5.41, 5.74) is 4.50. The Hall–Kier alpha value is -0.280. The first-order chi connectivity index (χ1) is 10.8. The third kappa shape index (κ3) is 14.6. The van der Waals surface area contributed by atoms with Crippen LogP contribution in [0.2, 0.25) is 0 Å². The van der Waals surface area contributed by atoms with Gasteiger partial charge in [0.05, 0.1) is 0 Å². The predicted molar refractivity (Wildman–Crippen MR) is 96.6 cm³/mol. The average Bonchev–Trinajstić information content (AvgIpc) is 2.61. The summed E-state index contributed by atoms with van der Waals surface area (Å²) in [7, 11) is 5.81. The number of likely N-dealkylation sites (N-methyl/N-ethyl adjacent to an activating group) is 2. The smallest absolute Gasteiger partial charge is 0.0104 e. The molecule has 7 heteroatoms. The van der Waals surface area contributed by atoms with Crippen LogP contribution in [0.1, 0.15) is 0 Å². The highest BCUT2D eigenvalue weighted by atomic mass is 15.2. The van der Waals surface area contributed by atoms with Crippen LogP contribution in [0.3, 0.4) is 0 Å². The summed E-state index contributed by atoms with van der Waals surface area (Å²) in [5, 5.41) is 13.0. The summed E-state index contributed by atoms with van der Waals surface area (Å²) < 4.78 is 0. The van der Waals surface area contributed by atoms with Gasteiger partial charge in [0, 0.05) is 78.5 Å². The van der Waals surface area contributed by atoms with Crippen molar-refractivity contribution in [3.63, 3.8) is 0 Å². The van der Waals surface area contributed by atoms with Crippen molar-refractivity contribution < 1.29 is 0 Å². The lowest BCUT2D eigenvalue weighted by Gasteiger charge is -2.21. The van der Waals surface area contributed by atoms with E-state index in [2.05, 4.69) is 50.9 Å². The van der Waals surface area contributed by atoms with Crippen LogP contribution < -0.4 is 27.0 Å². The molecule has 7 nitrogen and oxygen atoms in total. The molecule has 0 atom stereocenters. The van der Waals surface area contributed by atoms with Crippen LogP contribution in [0.5, 0.6) is 0 Å². The molecule has 0 aromatic rings. The molecule has 0 aromatic carbocycles. The number of nitrogens with one attached hydrogen (secondary N) is 4. The van der Waals surface area contributed by atoms with Gasteiger partial charge >= 0.3 is 0 Å². The van der Waals surface area contributed by atoms with Crippen LogP contribution in [-0.4, -0.2) is 109 Å². The lowest BCUT2D eigenvalue weighted by atomic mass is 10.4. The Kier molecular flexibility index (Phi) is 16.9. The monoisotopic (exact) mass is 317 g/mol. The molecule has 3 heterocycles. The molecule has 0 aliphatic carbocycles. The first kappa shape index (κ1) is 21.7. The van der Waals surface area contributed by atoms with Crippen molar-refractivity contribution in [3.05, 3.63) is 0 Å². The summed E-state index contributed by atoms with van der Waals surface area (Å²) in [5.74, 6) is 0. The Labute approximate surface area is 137 Å². The van der Waals surface area contributed by atoms with Crippen molar-refractivity contribution in [3.8, 4) is 0 Å². The van der Waals surface area contributed by atoms with Gasteiger partial charge in [0.1, 0.15) is 0 Å². The van der Waals surface area contributed by atoms with Crippen molar-refractivity contribution >= 4 is 0 Å². The van der Waals surface area contributed by atoms with Crippen LogP contribution in [0.15, 0.2) is 0 Å². The number of rotatable bonds is 0. The Morgan fingerprint density at radius 2 is 0.727 bits per heavy atom. The average molecular weight is 318 g/mol. The molecule has 0 bridgehead atoms. The molecule has 3 saturated heterocycles. The van der Waals surface area contributed by atoms with Gasteiger partial charge in [-0.15, -0.1) is 0 Å². The molecule has 22 heavy (non-hydrogen) atoms. The molecule has 3 fully saturated rings. The summed E-state index contributed by atoms with van der Waals surface area (Å²) in [4.78, 5) is 4.66. The molecule has 6 N–H and O–H groups in total. The summed E-state index contributed by atoms with van der Waals surface area (Å²) in [6.07, 6.45) is 0. The highest BCUT2D eigenvalue weighted by Crippen LogP contribution is 1.83. The van der Waals surface area contributed by atoms with E-state index in [1.165, 1.54) is 33.2 Å². The Morgan fingerprint density at radius 3 is 0.864 bits per heavy atom. The zero-order valence-corrected chi connectivity index (χ0v) is 15.0. The molecule has 0 aromatic heterocycles. The largest absolute Gasteiger partial charge is 0.333 e. The van der Waals surface area contributed by atoms with E-state index in [0.29, 0.717) is 0 Å². The third-order valence-electron chi connectivity index (χ3n) is 3.64. The van der Waals surface area contributed by atoms with Gasteiger partial charge in [0.2, 0.25) is 0 Å². The van der Waals surface area contributed by atoms with E-state index in [4.69, 9.17) is 0 Å². The first-order valence-electron chi connectivity index (χ1n) is 8.57. The topological polar surface area (TPSA) is 80.6 Å². The first-order valence-corrected chi connectivity index (χ1v) is 8.57. The maximum atomic E-state index is 4.50. The fourth-order valence-electron chi connectivity index (χ4n) is 2.16. The van der Waals surface area contributed by atoms with Crippen LogP contribution in [0.25, 0.3) is 0 Å². The van der Waals surface area contributed by atoms with Crippen molar-refractivity contribution in [2.75, 3.05) is 99.7 Å². The van der Waals surface area contributed by atoms with E-state index in [9.17, 15) is 0 Å². The number of nitrogens with zero attached hydrogens (tertiary/aromatic N) is 2. The lowest BCUT2D eigenvalue weighted by Crippen LogP contribution is -2.40. The lowest BCUT2D eigenvalue weighted by molar-refractivity contribution is 0.291. The molecule has 0 saturated carbocycles. The van der Waals surface area contributed by atoms with Crippen molar-refractivity contribution in [2.45, 2.75) is 0 Å². The SMILES string of the molecule is C1CNCCN1.CN.CN1CCNCC1.CN1CCNCC1. The molecule has 0 spiro atoms. The summed E-state index contributed by atoms with van der Waals surface area (Å²) >= 11 is 0. The second-order valence-corrected chi connectivity index (χ2v) is 5.61. The van der Waals surface area contributed by atoms with E-state index in [1.54, 1.807) is 0 Å². The normalized spacial score (nSPS) is 22.9. The van der Waals surface area contributed by atoms with Gasteiger partial charge in [-0.2, -0.15) is 0 Å². The third-order valence-corrected chi connectivity index (χ3v) is 3.64. The zero-order chi connectivity index (χ0) is 16.5. The Bertz CT molecular complexity index is 173. The van der Waals surface area contributed by atoms with Crippen LogP contribution >= 0.6 is 0 Å². The molecule has 0 amide bonds. The van der Waals surface area contributed by atoms with Gasteiger partial charge < -0.3 is 36.8 Å². The van der Waals surface area contributed by atoms with Crippen LogP contribution in [0.4, 0.5) is 0 Å². The summed E-state index contributed by atoms with van der Waals surface area (Å²) in [6.45, 7) is 14.0. The van der Waals surface area contributed by atoms with Crippen molar-refractivity contribution in [1.82, 2.24) is 31.1 Å². The quantitative estimate of drug-likeness (QED) is 0.347. The molecular formula is C15H39N7. The fraction of sp³-hybridized carbons (Fsp3) is 1.00. The van der Waals surface area contributed by atoms with Gasteiger partial charge in [0.15, 0.2) is 0 Å². The molecule has 0 unspecified atom stereocenters. The Morgan fingerprint density at radius 1 is 0.500 bits per heavy atom. The second kappa shape index (κ2) is 17.1. The standard InChI is InChI=1S/2C5H12N2.C4H10N2.CH5N/c2*1-7-4-2-6-3-5-7;1-2-6-4-3-5-1;1-2/h2*6H,2-5H2,1H3;5-6H,1-4H2;2H2,1H3. The number of hydrogen-bond donors (Lipinski definition) is 5. The Balaban J connectivity index is 0.000000285. The van der Waals surface area contributed by atoms with Gasteiger partial charge in [-0.25, -0.2) is 0 Å². The molecular weight excluding hydrogens is 278 g/mol. The predicted octanol–water partition coefficient (Wildman–Crippen LogP) is -2.20. The maximum Gasteiger partial charge on any atom is 0.0104 e.